The van der Waals surface area contributed by atoms with Crippen LogP contribution in [-0.2, 0) is 4.79 Å². The van der Waals surface area contributed by atoms with Gasteiger partial charge in [0.25, 0.3) is 11.8 Å². The van der Waals surface area contributed by atoms with Crippen molar-refractivity contribution in [1.29, 1.82) is 0 Å². The van der Waals surface area contributed by atoms with E-state index < -0.39 is 23.8 Å². The van der Waals surface area contributed by atoms with Gasteiger partial charge in [-0.1, -0.05) is 23.8 Å². The van der Waals surface area contributed by atoms with Crippen molar-refractivity contribution in [3.8, 4) is 0 Å². The standard InChI is InChI=1S/C22H24FN3O3/c1-13-5-10-17-18(11-13)22(29)26(21(17)28)14(2)20(27)24-12-19(25(3)4)15-6-8-16(23)9-7-15/h5-11,14,19H,12H2,1-4H3,(H,24,27)/t14-,19-/m0/s1. The Morgan fingerprint density at radius 2 is 1.69 bits per heavy atom. The van der Waals surface area contributed by atoms with E-state index in [-0.39, 0.29) is 18.4 Å². The van der Waals surface area contributed by atoms with Gasteiger partial charge in [-0.3, -0.25) is 19.3 Å². The van der Waals surface area contributed by atoms with Crippen molar-refractivity contribution in [2.75, 3.05) is 20.6 Å². The fraction of sp³-hybridized carbons (Fsp3) is 0.318. The number of rotatable bonds is 6. The van der Waals surface area contributed by atoms with Gasteiger partial charge in [-0.05, 0) is 57.8 Å². The van der Waals surface area contributed by atoms with Crippen LogP contribution in [0.5, 0.6) is 0 Å². The normalized spacial score (nSPS) is 15.4. The summed E-state index contributed by atoms with van der Waals surface area (Å²) in [6.07, 6.45) is 0. The van der Waals surface area contributed by atoms with Crippen molar-refractivity contribution in [3.05, 3.63) is 70.5 Å². The Morgan fingerprint density at radius 1 is 1.07 bits per heavy atom. The molecule has 29 heavy (non-hydrogen) atoms. The number of likely N-dealkylation sites (N-methyl/N-ethyl adjacent to an activating group) is 1. The predicted octanol–water partition coefficient (Wildman–Crippen LogP) is 2.54. The van der Waals surface area contributed by atoms with Gasteiger partial charge >= 0.3 is 0 Å². The molecule has 0 spiro atoms. The van der Waals surface area contributed by atoms with Crippen LogP contribution in [0.2, 0.25) is 0 Å². The molecule has 1 N–H and O–H groups in total. The molecule has 152 valence electrons. The smallest absolute Gasteiger partial charge is 0.262 e. The summed E-state index contributed by atoms with van der Waals surface area (Å²) < 4.78 is 13.2. The topological polar surface area (TPSA) is 69.7 Å². The summed E-state index contributed by atoms with van der Waals surface area (Å²) in [6.45, 7) is 3.63. The van der Waals surface area contributed by atoms with E-state index in [2.05, 4.69) is 5.32 Å². The zero-order valence-corrected chi connectivity index (χ0v) is 16.9. The van der Waals surface area contributed by atoms with Gasteiger partial charge in [0.1, 0.15) is 11.9 Å². The second-order valence-corrected chi connectivity index (χ2v) is 7.48. The van der Waals surface area contributed by atoms with E-state index in [0.717, 1.165) is 16.0 Å². The van der Waals surface area contributed by atoms with Crippen LogP contribution in [0.25, 0.3) is 0 Å². The van der Waals surface area contributed by atoms with Gasteiger partial charge in [-0.15, -0.1) is 0 Å². The molecule has 0 saturated carbocycles. The number of amides is 3. The van der Waals surface area contributed by atoms with Crippen molar-refractivity contribution < 1.29 is 18.8 Å². The molecule has 3 amide bonds. The minimum atomic E-state index is -0.946. The molecule has 0 saturated heterocycles. The molecule has 2 aromatic carbocycles. The van der Waals surface area contributed by atoms with Crippen LogP contribution in [0, 0.1) is 12.7 Å². The number of carbonyl (C=O) groups excluding carboxylic acids is 3. The first-order valence-corrected chi connectivity index (χ1v) is 9.39. The molecular formula is C22H24FN3O3. The largest absolute Gasteiger partial charge is 0.352 e. The second-order valence-electron chi connectivity index (χ2n) is 7.48. The minimum Gasteiger partial charge on any atom is -0.352 e. The fourth-order valence-corrected chi connectivity index (χ4v) is 3.47. The predicted molar refractivity (Wildman–Crippen MR) is 107 cm³/mol. The van der Waals surface area contributed by atoms with Crippen LogP contribution < -0.4 is 5.32 Å². The van der Waals surface area contributed by atoms with E-state index in [0.29, 0.717) is 11.1 Å². The minimum absolute atomic E-state index is 0.184. The highest BCUT2D eigenvalue weighted by atomic mass is 19.1. The van der Waals surface area contributed by atoms with E-state index in [9.17, 15) is 18.8 Å². The van der Waals surface area contributed by atoms with Crippen LogP contribution in [0.3, 0.4) is 0 Å². The van der Waals surface area contributed by atoms with E-state index in [4.69, 9.17) is 0 Å². The van der Waals surface area contributed by atoms with Gasteiger partial charge in [-0.25, -0.2) is 4.39 Å². The first-order chi connectivity index (χ1) is 13.7. The Morgan fingerprint density at radius 3 is 2.31 bits per heavy atom. The Kier molecular flexibility index (Phi) is 5.79. The van der Waals surface area contributed by atoms with Crippen molar-refractivity contribution in [2.24, 2.45) is 0 Å². The molecule has 2 aromatic rings. The van der Waals surface area contributed by atoms with Crippen molar-refractivity contribution >= 4 is 17.7 Å². The lowest BCUT2D eigenvalue weighted by molar-refractivity contribution is -0.124. The number of benzene rings is 2. The number of hydrogen-bond donors (Lipinski definition) is 1. The monoisotopic (exact) mass is 397 g/mol. The number of halogens is 1. The van der Waals surface area contributed by atoms with Gasteiger partial charge in [0.15, 0.2) is 0 Å². The molecule has 1 aliphatic heterocycles. The summed E-state index contributed by atoms with van der Waals surface area (Å²) in [7, 11) is 3.71. The third-order valence-corrected chi connectivity index (χ3v) is 5.19. The van der Waals surface area contributed by atoms with Gasteiger partial charge < -0.3 is 10.2 Å². The number of nitrogens with zero attached hydrogens (tertiary/aromatic N) is 2. The van der Waals surface area contributed by atoms with Crippen LogP contribution >= 0.6 is 0 Å². The lowest BCUT2D eigenvalue weighted by Gasteiger charge is -2.27. The SMILES string of the molecule is Cc1ccc2c(c1)C(=O)N([C@@H](C)C(=O)NC[C@@H](c1ccc(F)cc1)N(C)C)C2=O. The maximum Gasteiger partial charge on any atom is 0.262 e. The maximum atomic E-state index is 13.2. The third-order valence-electron chi connectivity index (χ3n) is 5.19. The quantitative estimate of drug-likeness (QED) is 0.761. The maximum absolute atomic E-state index is 13.2. The summed E-state index contributed by atoms with van der Waals surface area (Å²) >= 11 is 0. The van der Waals surface area contributed by atoms with Gasteiger partial charge in [-0.2, -0.15) is 0 Å². The molecule has 0 bridgehead atoms. The van der Waals surface area contributed by atoms with Gasteiger partial charge in [0.2, 0.25) is 5.91 Å². The number of hydrogen-bond acceptors (Lipinski definition) is 4. The summed E-state index contributed by atoms with van der Waals surface area (Å²) in [5, 5.41) is 2.81. The lowest BCUT2D eigenvalue weighted by Crippen LogP contribution is -2.49. The average molecular weight is 397 g/mol. The van der Waals surface area contributed by atoms with Crippen LogP contribution in [0.1, 0.15) is 44.8 Å². The van der Waals surface area contributed by atoms with Gasteiger partial charge in [0, 0.05) is 6.54 Å². The van der Waals surface area contributed by atoms with Crippen molar-refractivity contribution in [2.45, 2.75) is 25.9 Å². The van der Waals surface area contributed by atoms with Crippen LogP contribution in [0.15, 0.2) is 42.5 Å². The fourth-order valence-electron chi connectivity index (χ4n) is 3.47. The number of aryl methyl sites for hydroxylation is 1. The highest BCUT2D eigenvalue weighted by molar-refractivity contribution is 6.22. The molecule has 0 unspecified atom stereocenters. The molecule has 0 aromatic heterocycles. The molecule has 6 nitrogen and oxygen atoms in total. The summed E-state index contributed by atoms with van der Waals surface area (Å²) in [5.41, 5.74) is 2.36. The molecule has 0 aliphatic carbocycles. The van der Waals surface area contributed by atoms with E-state index in [1.54, 1.807) is 30.3 Å². The third kappa shape index (κ3) is 4.05. The summed E-state index contributed by atoms with van der Waals surface area (Å²) in [6, 6.07) is 10.00. The highest BCUT2D eigenvalue weighted by Crippen LogP contribution is 2.26. The summed E-state index contributed by atoms with van der Waals surface area (Å²) in [5.74, 6) is -1.68. The average Bonchev–Trinajstić information content (AvgIpc) is 2.92. The number of carbonyl (C=O) groups is 3. The lowest BCUT2D eigenvalue weighted by atomic mass is 10.1. The molecular weight excluding hydrogens is 373 g/mol. The molecule has 1 aliphatic rings. The van der Waals surface area contributed by atoms with E-state index in [1.807, 2.05) is 25.9 Å². The Hall–Kier alpha value is -3.06. The van der Waals surface area contributed by atoms with E-state index in [1.165, 1.54) is 19.1 Å². The molecule has 3 rings (SSSR count). The second kappa shape index (κ2) is 8.13. The molecule has 1 heterocycles. The Labute approximate surface area is 169 Å². The Balaban J connectivity index is 1.71. The number of nitrogens with one attached hydrogen (secondary N) is 1. The highest BCUT2D eigenvalue weighted by Gasteiger charge is 2.40. The van der Waals surface area contributed by atoms with E-state index >= 15 is 0 Å². The number of imide groups is 1. The van der Waals surface area contributed by atoms with Gasteiger partial charge in [0.05, 0.1) is 17.2 Å². The Bertz CT molecular complexity index is 956. The van der Waals surface area contributed by atoms with Crippen molar-refractivity contribution in [1.82, 2.24) is 15.1 Å². The van der Waals surface area contributed by atoms with Crippen LogP contribution in [0.4, 0.5) is 4.39 Å². The number of fused-ring (bicyclic) bond motifs is 1. The zero-order chi connectivity index (χ0) is 21.3. The molecule has 0 radical (unpaired) electrons. The first kappa shape index (κ1) is 20.7. The molecule has 2 atom stereocenters. The van der Waals surface area contributed by atoms with Crippen molar-refractivity contribution in [3.63, 3.8) is 0 Å². The molecule has 0 fully saturated rings. The zero-order valence-electron chi connectivity index (χ0n) is 16.9. The first-order valence-electron chi connectivity index (χ1n) is 9.39. The molecule has 7 heteroatoms. The van der Waals surface area contributed by atoms with Crippen LogP contribution in [-0.4, -0.2) is 54.2 Å². The summed E-state index contributed by atoms with van der Waals surface area (Å²) in [4.78, 5) is 41.0.